The molecule has 0 aliphatic carbocycles. The van der Waals surface area contributed by atoms with Crippen LogP contribution >= 0.6 is 8.60 Å². The Kier molecular flexibility index (Phi) is 13.1. The van der Waals surface area contributed by atoms with Crippen molar-refractivity contribution in [2.45, 2.75) is 142 Å². The second-order valence-electron chi connectivity index (χ2n) is 22.7. The molecular formula is C59H69O6P. The zero-order valence-electron chi connectivity index (χ0n) is 41.8. The van der Waals surface area contributed by atoms with Gasteiger partial charge in [0.25, 0.3) is 0 Å². The van der Waals surface area contributed by atoms with Gasteiger partial charge >= 0.3 is 14.8 Å². The van der Waals surface area contributed by atoms with Gasteiger partial charge in [0.15, 0.2) is 11.2 Å². The lowest BCUT2D eigenvalue weighted by Gasteiger charge is -2.43. The Bertz CT molecular complexity index is 2470. The predicted molar refractivity (Wildman–Crippen MR) is 271 cm³/mol. The number of hydrogen-bond donors (Lipinski definition) is 0. The molecule has 1 aliphatic heterocycles. The van der Waals surface area contributed by atoms with Crippen molar-refractivity contribution in [1.82, 2.24) is 0 Å². The summed E-state index contributed by atoms with van der Waals surface area (Å²) >= 11 is 0. The first-order valence-corrected chi connectivity index (χ1v) is 24.2. The maximum atomic E-state index is 14.0. The van der Waals surface area contributed by atoms with Crippen LogP contribution in [-0.2, 0) is 46.6 Å². The van der Waals surface area contributed by atoms with E-state index < -0.39 is 42.4 Å². The molecule has 6 aromatic carbocycles. The van der Waals surface area contributed by atoms with E-state index in [0.29, 0.717) is 17.1 Å². The minimum Gasteiger partial charge on any atom is -0.428 e. The molecule has 7 heteroatoms. The fourth-order valence-electron chi connectivity index (χ4n) is 8.73. The average Bonchev–Trinajstić information content (AvgIpc) is 3.59. The van der Waals surface area contributed by atoms with Gasteiger partial charge in [-0.3, -0.25) is 9.05 Å². The van der Waals surface area contributed by atoms with Crippen LogP contribution in [0.2, 0.25) is 0 Å². The Morgan fingerprint density at radius 3 is 1.06 bits per heavy atom. The van der Waals surface area contributed by atoms with Gasteiger partial charge in [-0.15, -0.1) is 0 Å². The van der Waals surface area contributed by atoms with Crippen LogP contribution in [0.25, 0.3) is 11.1 Å². The normalized spacial score (nSPS) is 15.6. The minimum atomic E-state index is -2.24. The Morgan fingerprint density at radius 1 is 0.439 bits per heavy atom. The Balaban J connectivity index is 1.60. The Labute approximate surface area is 396 Å². The SMILES string of the molecule is CC(C)(C)OC(=O)Oc1c(-c2cc(C(C)(C)C)cc(C(C)(C)C)c2OP2OC(c3ccccc3)(c3ccccc3)C(c3ccccc3)(c3ccccc3)O2)cc(C(C)(C)C)cc1C(C)(C)C. The van der Waals surface area contributed by atoms with Crippen molar-refractivity contribution in [3.8, 4) is 22.6 Å². The molecule has 0 bridgehead atoms. The van der Waals surface area contributed by atoms with Gasteiger partial charge in [0, 0.05) is 22.3 Å². The zero-order valence-corrected chi connectivity index (χ0v) is 42.6. The number of ether oxygens (including phenoxy) is 2. The summed E-state index contributed by atoms with van der Waals surface area (Å²) in [6.07, 6.45) is -0.777. The van der Waals surface area contributed by atoms with Crippen LogP contribution in [0.1, 0.15) is 148 Å². The monoisotopic (exact) mass is 904 g/mol. The molecular weight excluding hydrogens is 836 g/mol. The molecule has 1 saturated heterocycles. The van der Waals surface area contributed by atoms with Gasteiger partial charge in [0.2, 0.25) is 0 Å². The fourth-order valence-corrected chi connectivity index (χ4v) is 10.3. The van der Waals surface area contributed by atoms with Gasteiger partial charge in [-0.25, -0.2) is 4.79 Å². The highest BCUT2D eigenvalue weighted by Crippen LogP contribution is 2.71. The molecule has 1 fully saturated rings. The molecule has 0 amide bonds. The first-order valence-electron chi connectivity index (χ1n) is 23.1. The van der Waals surface area contributed by atoms with Crippen LogP contribution in [0.15, 0.2) is 146 Å². The molecule has 0 saturated carbocycles. The van der Waals surface area contributed by atoms with Crippen molar-refractivity contribution in [2.24, 2.45) is 0 Å². The van der Waals surface area contributed by atoms with E-state index in [0.717, 1.165) is 50.1 Å². The van der Waals surface area contributed by atoms with Crippen LogP contribution in [0.3, 0.4) is 0 Å². The van der Waals surface area contributed by atoms with E-state index in [-0.39, 0.29) is 10.8 Å². The number of benzene rings is 6. The first kappa shape index (κ1) is 48.7. The number of carbonyl (C=O) groups is 1. The summed E-state index contributed by atoms with van der Waals surface area (Å²) in [5, 5.41) is 0. The molecule has 0 atom stereocenters. The summed E-state index contributed by atoms with van der Waals surface area (Å²) in [5.74, 6) is 1.01. The maximum Gasteiger partial charge on any atom is 0.514 e. The number of hydrogen-bond acceptors (Lipinski definition) is 6. The van der Waals surface area contributed by atoms with Gasteiger partial charge in [0.05, 0.1) is 0 Å². The van der Waals surface area contributed by atoms with E-state index in [2.05, 4.69) is 156 Å². The van der Waals surface area contributed by atoms with E-state index in [4.69, 9.17) is 23.0 Å². The van der Waals surface area contributed by atoms with Crippen molar-refractivity contribution in [2.75, 3.05) is 0 Å². The third kappa shape index (κ3) is 9.61. The molecule has 1 heterocycles. The number of carbonyl (C=O) groups excluding carboxylic acids is 1. The molecule has 0 N–H and O–H groups in total. The molecule has 0 spiro atoms. The van der Waals surface area contributed by atoms with E-state index in [1.54, 1.807) is 0 Å². The Hall–Kier alpha value is -5.26. The molecule has 0 unspecified atom stereocenters. The maximum absolute atomic E-state index is 14.0. The standard InChI is InChI=1S/C59H69O6P/c1-53(2,3)44-36-46(50(48(38-44)55(7,8)9)61-52(60)62-57(13,14)15)47-37-45(54(4,5)6)39-49(56(10,11)12)51(47)63-66-64-58(40-28-20-16-21-29-40,41-30-22-17-23-31-41)59(65-66,42-32-24-18-25-33-42)43-34-26-19-27-35-43/h16-39H,1-15H3. The van der Waals surface area contributed by atoms with Gasteiger partial charge in [-0.2, -0.15) is 0 Å². The molecule has 6 aromatic rings. The Morgan fingerprint density at radius 2 is 0.758 bits per heavy atom. The quantitative estimate of drug-likeness (QED) is 0.0861. The highest BCUT2D eigenvalue weighted by atomic mass is 31.2. The van der Waals surface area contributed by atoms with Crippen molar-refractivity contribution in [1.29, 1.82) is 0 Å². The van der Waals surface area contributed by atoms with Gasteiger partial charge in [-0.1, -0.05) is 217 Å². The van der Waals surface area contributed by atoms with Crippen LogP contribution in [0, 0.1) is 0 Å². The fraction of sp³-hybridized carbons (Fsp3) is 0.373. The smallest absolute Gasteiger partial charge is 0.428 e. The summed E-state index contributed by atoms with van der Waals surface area (Å²) < 4.78 is 35.5. The van der Waals surface area contributed by atoms with E-state index >= 15 is 0 Å². The molecule has 0 radical (unpaired) electrons. The third-order valence-corrected chi connectivity index (χ3v) is 13.4. The molecule has 0 aromatic heterocycles. The van der Waals surface area contributed by atoms with Gasteiger partial charge < -0.3 is 14.0 Å². The highest BCUT2D eigenvalue weighted by Gasteiger charge is 2.67. The lowest BCUT2D eigenvalue weighted by Crippen LogP contribution is -2.48. The average molecular weight is 905 g/mol. The molecule has 1 aliphatic rings. The van der Waals surface area contributed by atoms with Crippen molar-refractivity contribution < 1.29 is 27.8 Å². The third-order valence-electron chi connectivity index (χ3n) is 12.2. The molecule has 346 valence electrons. The number of rotatable bonds is 8. The van der Waals surface area contributed by atoms with Crippen molar-refractivity contribution >= 4 is 14.8 Å². The molecule has 66 heavy (non-hydrogen) atoms. The van der Waals surface area contributed by atoms with Crippen molar-refractivity contribution in [3.63, 3.8) is 0 Å². The zero-order chi connectivity index (χ0) is 48.1. The topological polar surface area (TPSA) is 63.2 Å². The van der Waals surface area contributed by atoms with Gasteiger partial charge in [0.1, 0.15) is 17.1 Å². The molecule has 6 nitrogen and oxygen atoms in total. The van der Waals surface area contributed by atoms with E-state index in [9.17, 15) is 4.79 Å². The van der Waals surface area contributed by atoms with E-state index in [1.165, 1.54) is 0 Å². The predicted octanol–water partition coefficient (Wildman–Crippen LogP) is 16.4. The largest absolute Gasteiger partial charge is 0.514 e. The van der Waals surface area contributed by atoms with Crippen LogP contribution in [-0.4, -0.2) is 11.8 Å². The second kappa shape index (κ2) is 17.8. The van der Waals surface area contributed by atoms with Gasteiger partial charge in [-0.05, 0) is 87.9 Å². The highest BCUT2D eigenvalue weighted by molar-refractivity contribution is 7.42. The molecule has 7 rings (SSSR count). The lowest BCUT2D eigenvalue weighted by molar-refractivity contribution is 0.00370. The van der Waals surface area contributed by atoms with Crippen molar-refractivity contribution in [3.05, 3.63) is 190 Å². The summed E-state index contributed by atoms with van der Waals surface area (Å²) in [4.78, 5) is 14.0. The second-order valence-corrected chi connectivity index (χ2v) is 23.7. The lowest BCUT2D eigenvalue weighted by atomic mass is 9.66. The summed E-state index contributed by atoms with van der Waals surface area (Å²) in [6.45, 7) is 31.9. The summed E-state index contributed by atoms with van der Waals surface area (Å²) in [6, 6.07) is 50.2. The minimum absolute atomic E-state index is 0.271. The van der Waals surface area contributed by atoms with Crippen LogP contribution in [0.4, 0.5) is 4.79 Å². The van der Waals surface area contributed by atoms with Crippen LogP contribution in [0.5, 0.6) is 11.5 Å². The first-order chi connectivity index (χ1) is 30.8. The summed E-state index contributed by atoms with van der Waals surface area (Å²) in [5.41, 5.74) is 4.47. The van der Waals surface area contributed by atoms with E-state index in [1.807, 2.05) is 93.6 Å². The van der Waals surface area contributed by atoms with Crippen LogP contribution < -0.4 is 9.26 Å². The summed E-state index contributed by atoms with van der Waals surface area (Å²) in [7, 11) is -2.24.